The van der Waals surface area contributed by atoms with Gasteiger partial charge in [0.15, 0.2) is 0 Å². The first-order valence-corrected chi connectivity index (χ1v) is 7.27. The first-order chi connectivity index (χ1) is 8.58. The summed E-state index contributed by atoms with van der Waals surface area (Å²) < 4.78 is 5.41. The van der Waals surface area contributed by atoms with Gasteiger partial charge in [-0.2, -0.15) is 0 Å². The van der Waals surface area contributed by atoms with E-state index in [1.807, 2.05) is 13.8 Å². The van der Waals surface area contributed by atoms with E-state index in [-0.39, 0.29) is 12.2 Å². The number of nitrogens with zero attached hydrogens (tertiary/aromatic N) is 1. The Hall–Kier alpha value is -0.160. The predicted molar refractivity (Wildman–Crippen MR) is 74.8 cm³/mol. The van der Waals surface area contributed by atoms with Crippen molar-refractivity contribution in [3.05, 3.63) is 0 Å². The Morgan fingerprint density at radius 3 is 2.61 bits per heavy atom. The maximum atomic E-state index is 9.83. The average Bonchev–Trinajstić information content (AvgIpc) is 2.35. The predicted octanol–water partition coefficient (Wildman–Crippen LogP) is 1.09. The van der Waals surface area contributed by atoms with E-state index in [4.69, 9.17) is 4.74 Å². The summed E-state index contributed by atoms with van der Waals surface area (Å²) in [5.41, 5.74) is 0. The fourth-order valence-corrected chi connectivity index (χ4v) is 2.38. The molecule has 0 saturated carbocycles. The van der Waals surface area contributed by atoms with Crippen LogP contribution in [0.5, 0.6) is 0 Å². The second kappa shape index (κ2) is 8.86. The number of likely N-dealkylation sites (N-methyl/N-ethyl adjacent to an activating group) is 1. The van der Waals surface area contributed by atoms with Crippen LogP contribution in [0, 0.1) is 5.92 Å². The molecule has 4 heteroatoms. The fourth-order valence-electron chi connectivity index (χ4n) is 2.38. The van der Waals surface area contributed by atoms with Gasteiger partial charge in [0.2, 0.25) is 0 Å². The fraction of sp³-hybridized carbons (Fsp3) is 1.00. The number of rotatable bonds is 8. The number of aliphatic hydroxyl groups excluding tert-OH is 1. The molecule has 0 aromatic heterocycles. The van der Waals surface area contributed by atoms with Crippen molar-refractivity contribution in [1.29, 1.82) is 0 Å². The molecule has 0 amide bonds. The number of ether oxygens (including phenoxy) is 1. The monoisotopic (exact) mass is 258 g/mol. The summed E-state index contributed by atoms with van der Waals surface area (Å²) in [5, 5.41) is 13.2. The Morgan fingerprint density at radius 2 is 2.00 bits per heavy atom. The average molecular weight is 258 g/mol. The van der Waals surface area contributed by atoms with Crippen LogP contribution in [0.4, 0.5) is 0 Å². The molecule has 0 aliphatic carbocycles. The van der Waals surface area contributed by atoms with Crippen molar-refractivity contribution in [2.24, 2.45) is 5.92 Å². The van der Waals surface area contributed by atoms with Crippen molar-refractivity contribution in [2.75, 3.05) is 39.8 Å². The lowest BCUT2D eigenvalue weighted by molar-refractivity contribution is -0.00607. The minimum atomic E-state index is -0.370. The quantitative estimate of drug-likeness (QED) is 0.684. The third kappa shape index (κ3) is 7.31. The van der Waals surface area contributed by atoms with Crippen molar-refractivity contribution in [3.8, 4) is 0 Å². The van der Waals surface area contributed by atoms with Gasteiger partial charge in [0.25, 0.3) is 0 Å². The van der Waals surface area contributed by atoms with Crippen LogP contribution in [0.1, 0.15) is 33.1 Å². The van der Waals surface area contributed by atoms with Crippen LogP contribution in [-0.2, 0) is 4.74 Å². The summed E-state index contributed by atoms with van der Waals surface area (Å²) in [5.74, 6) is 0.859. The SMILES string of the molecule is CC(C)OCC(O)CN(C)CCC1CCNCC1. The molecule has 0 radical (unpaired) electrons. The molecule has 1 heterocycles. The lowest BCUT2D eigenvalue weighted by atomic mass is 9.94. The highest BCUT2D eigenvalue weighted by atomic mass is 16.5. The minimum absolute atomic E-state index is 0.194. The standard InChI is InChI=1S/C14H30N2O2/c1-12(2)18-11-14(17)10-16(3)9-6-13-4-7-15-8-5-13/h12-15,17H,4-11H2,1-3H3. The first kappa shape index (κ1) is 15.9. The van der Waals surface area contributed by atoms with Crippen LogP contribution in [0.3, 0.4) is 0 Å². The maximum Gasteiger partial charge on any atom is 0.0900 e. The van der Waals surface area contributed by atoms with Gasteiger partial charge in [0.1, 0.15) is 0 Å². The van der Waals surface area contributed by atoms with Crippen molar-refractivity contribution in [3.63, 3.8) is 0 Å². The molecular weight excluding hydrogens is 228 g/mol. The van der Waals surface area contributed by atoms with E-state index < -0.39 is 0 Å². The van der Waals surface area contributed by atoms with E-state index >= 15 is 0 Å². The summed E-state index contributed by atoms with van der Waals surface area (Å²) in [7, 11) is 2.08. The molecule has 0 aromatic carbocycles. The Bertz CT molecular complexity index is 206. The van der Waals surface area contributed by atoms with Crippen LogP contribution >= 0.6 is 0 Å². The summed E-state index contributed by atoms with van der Waals surface area (Å²) in [4.78, 5) is 2.22. The molecule has 0 aromatic rings. The van der Waals surface area contributed by atoms with Gasteiger partial charge >= 0.3 is 0 Å². The molecule has 1 fully saturated rings. The summed E-state index contributed by atoms with van der Waals surface area (Å²) in [6, 6.07) is 0. The second-order valence-electron chi connectivity index (χ2n) is 5.78. The van der Waals surface area contributed by atoms with Gasteiger partial charge in [-0.05, 0) is 65.7 Å². The van der Waals surface area contributed by atoms with Crippen LogP contribution in [0.25, 0.3) is 0 Å². The number of hydrogen-bond acceptors (Lipinski definition) is 4. The molecule has 0 spiro atoms. The highest BCUT2D eigenvalue weighted by molar-refractivity contribution is 4.70. The van der Waals surface area contributed by atoms with Crippen molar-refractivity contribution >= 4 is 0 Å². The lowest BCUT2D eigenvalue weighted by Gasteiger charge is -2.26. The van der Waals surface area contributed by atoms with E-state index in [9.17, 15) is 5.11 Å². The molecule has 18 heavy (non-hydrogen) atoms. The molecule has 1 rings (SSSR count). The lowest BCUT2D eigenvalue weighted by Crippen LogP contribution is -2.35. The molecule has 0 bridgehead atoms. The zero-order valence-electron chi connectivity index (χ0n) is 12.2. The van der Waals surface area contributed by atoms with Crippen LogP contribution in [0.15, 0.2) is 0 Å². The van der Waals surface area contributed by atoms with Crippen LogP contribution in [0.2, 0.25) is 0 Å². The van der Waals surface area contributed by atoms with Gasteiger partial charge in [-0.25, -0.2) is 0 Å². The highest BCUT2D eigenvalue weighted by Gasteiger charge is 2.15. The van der Waals surface area contributed by atoms with Gasteiger partial charge in [-0.15, -0.1) is 0 Å². The Balaban J connectivity index is 2.06. The van der Waals surface area contributed by atoms with Crippen molar-refractivity contribution in [2.45, 2.75) is 45.3 Å². The molecule has 1 atom stereocenters. The van der Waals surface area contributed by atoms with E-state index in [0.29, 0.717) is 13.2 Å². The van der Waals surface area contributed by atoms with Crippen LogP contribution in [-0.4, -0.2) is 62.0 Å². The number of piperidine rings is 1. The van der Waals surface area contributed by atoms with Crippen LogP contribution < -0.4 is 5.32 Å². The largest absolute Gasteiger partial charge is 0.389 e. The third-order valence-corrected chi connectivity index (χ3v) is 3.52. The normalized spacial score (nSPS) is 19.7. The van der Waals surface area contributed by atoms with Gasteiger partial charge in [-0.3, -0.25) is 0 Å². The molecular formula is C14H30N2O2. The summed E-state index contributed by atoms with van der Waals surface area (Å²) in [6.45, 7) is 8.54. The second-order valence-corrected chi connectivity index (χ2v) is 5.78. The van der Waals surface area contributed by atoms with Gasteiger partial charge < -0.3 is 20.1 Å². The minimum Gasteiger partial charge on any atom is -0.389 e. The summed E-state index contributed by atoms with van der Waals surface area (Å²) >= 11 is 0. The Labute approximate surface area is 112 Å². The Morgan fingerprint density at radius 1 is 1.33 bits per heavy atom. The zero-order chi connectivity index (χ0) is 13.4. The number of aliphatic hydroxyl groups is 1. The highest BCUT2D eigenvalue weighted by Crippen LogP contribution is 2.15. The van der Waals surface area contributed by atoms with Gasteiger partial charge in [-0.1, -0.05) is 0 Å². The van der Waals surface area contributed by atoms with Gasteiger partial charge in [0.05, 0.1) is 18.8 Å². The van der Waals surface area contributed by atoms with Crippen molar-refractivity contribution in [1.82, 2.24) is 10.2 Å². The molecule has 1 saturated heterocycles. The number of nitrogens with one attached hydrogen (secondary N) is 1. The number of hydrogen-bond donors (Lipinski definition) is 2. The van der Waals surface area contributed by atoms with E-state index in [2.05, 4.69) is 17.3 Å². The molecule has 1 aliphatic heterocycles. The smallest absolute Gasteiger partial charge is 0.0900 e. The van der Waals surface area contributed by atoms with E-state index in [0.717, 1.165) is 12.5 Å². The molecule has 1 aliphatic rings. The van der Waals surface area contributed by atoms with E-state index in [1.54, 1.807) is 0 Å². The Kier molecular flexibility index (Phi) is 7.82. The zero-order valence-corrected chi connectivity index (χ0v) is 12.2. The topological polar surface area (TPSA) is 44.7 Å². The third-order valence-electron chi connectivity index (χ3n) is 3.52. The van der Waals surface area contributed by atoms with Gasteiger partial charge in [0, 0.05) is 6.54 Å². The maximum absolute atomic E-state index is 9.83. The first-order valence-electron chi connectivity index (χ1n) is 7.27. The molecule has 4 nitrogen and oxygen atoms in total. The van der Waals surface area contributed by atoms with Crippen molar-refractivity contribution < 1.29 is 9.84 Å². The molecule has 2 N–H and O–H groups in total. The molecule has 1 unspecified atom stereocenters. The summed E-state index contributed by atoms with van der Waals surface area (Å²) in [6.07, 6.45) is 3.67. The molecule has 108 valence electrons. The van der Waals surface area contributed by atoms with E-state index in [1.165, 1.54) is 32.4 Å².